The lowest BCUT2D eigenvalue weighted by molar-refractivity contribution is 0.104. The van der Waals surface area contributed by atoms with Gasteiger partial charge in [0.1, 0.15) is 11.6 Å². The molecule has 0 bridgehead atoms. The highest BCUT2D eigenvalue weighted by molar-refractivity contribution is 4.96. The van der Waals surface area contributed by atoms with E-state index in [1.165, 1.54) is 12.8 Å². The molecule has 5 nitrogen and oxygen atoms in total. The van der Waals surface area contributed by atoms with E-state index >= 15 is 0 Å². The molecule has 1 aliphatic rings. The van der Waals surface area contributed by atoms with E-state index in [0.717, 1.165) is 37.6 Å². The molecule has 0 aromatic carbocycles. The summed E-state index contributed by atoms with van der Waals surface area (Å²) < 4.78 is 7.71. The third kappa shape index (κ3) is 2.41. The van der Waals surface area contributed by atoms with Crippen molar-refractivity contribution < 1.29 is 4.74 Å². The number of nitrogens with two attached hydrogens (primary N) is 1. The van der Waals surface area contributed by atoms with Crippen LogP contribution in [0.2, 0.25) is 0 Å². The minimum atomic E-state index is 0.420. The van der Waals surface area contributed by atoms with Crippen molar-refractivity contribution in [3.63, 3.8) is 0 Å². The molecule has 0 radical (unpaired) electrons. The molecule has 2 heterocycles. The molecule has 0 aliphatic carbocycles. The summed E-state index contributed by atoms with van der Waals surface area (Å²) in [6, 6.07) is 0. The zero-order valence-electron chi connectivity index (χ0n) is 9.85. The van der Waals surface area contributed by atoms with Crippen molar-refractivity contribution in [2.75, 3.05) is 6.61 Å². The Morgan fingerprint density at radius 2 is 2.25 bits per heavy atom. The summed E-state index contributed by atoms with van der Waals surface area (Å²) in [5.74, 6) is 1.92. The second kappa shape index (κ2) is 5.41. The van der Waals surface area contributed by atoms with Gasteiger partial charge in [0.2, 0.25) is 0 Å². The average Bonchev–Trinajstić information content (AvgIpc) is 2.94. The van der Waals surface area contributed by atoms with Crippen LogP contribution in [0, 0.1) is 0 Å². The number of rotatable bonds is 5. The molecule has 5 heteroatoms. The molecule has 2 rings (SSSR count). The predicted molar refractivity (Wildman–Crippen MR) is 60.9 cm³/mol. The van der Waals surface area contributed by atoms with Gasteiger partial charge >= 0.3 is 0 Å². The maximum absolute atomic E-state index is 5.61. The summed E-state index contributed by atoms with van der Waals surface area (Å²) in [5, 5.41) is 8.29. The molecule has 0 saturated carbocycles. The Morgan fingerprint density at radius 3 is 2.88 bits per heavy atom. The molecule has 1 saturated heterocycles. The van der Waals surface area contributed by atoms with E-state index in [1.807, 2.05) is 0 Å². The number of nitrogens with zero attached hydrogens (tertiary/aromatic N) is 3. The Morgan fingerprint density at radius 1 is 1.44 bits per heavy atom. The Kier molecular flexibility index (Phi) is 3.90. The van der Waals surface area contributed by atoms with Crippen LogP contribution in [0.1, 0.15) is 37.8 Å². The second-order valence-electron chi connectivity index (χ2n) is 4.15. The van der Waals surface area contributed by atoms with Gasteiger partial charge in [-0.3, -0.25) is 0 Å². The van der Waals surface area contributed by atoms with Gasteiger partial charge in [-0.25, -0.2) is 0 Å². The van der Waals surface area contributed by atoms with Gasteiger partial charge in [-0.05, 0) is 26.2 Å². The van der Waals surface area contributed by atoms with Crippen molar-refractivity contribution in [1.29, 1.82) is 0 Å². The smallest absolute Gasteiger partial charge is 0.146 e. The lowest BCUT2D eigenvalue weighted by Gasteiger charge is -2.09. The van der Waals surface area contributed by atoms with Gasteiger partial charge in [-0.1, -0.05) is 0 Å². The van der Waals surface area contributed by atoms with Crippen LogP contribution in [-0.4, -0.2) is 27.5 Å². The van der Waals surface area contributed by atoms with Crippen molar-refractivity contribution in [3.8, 4) is 0 Å². The predicted octanol–water partition coefficient (Wildman–Crippen LogP) is 0.868. The number of aromatic nitrogens is 3. The van der Waals surface area contributed by atoms with Gasteiger partial charge in [0.15, 0.2) is 0 Å². The summed E-state index contributed by atoms with van der Waals surface area (Å²) in [4.78, 5) is 0. The normalized spacial score (nSPS) is 20.5. The van der Waals surface area contributed by atoms with Crippen molar-refractivity contribution in [3.05, 3.63) is 11.6 Å². The average molecular weight is 224 g/mol. The summed E-state index contributed by atoms with van der Waals surface area (Å²) >= 11 is 0. The number of hydrogen-bond acceptors (Lipinski definition) is 4. The van der Waals surface area contributed by atoms with Crippen LogP contribution in [-0.2, 0) is 24.2 Å². The first-order valence-electron chi connectivity index (χ1n) is 6.07. The fraction of sp³-hybridized carbons (Fsp3) is 0.818. The van der Waals surface area contributed by atoms with Crippen LogP contribution >= 0.6 is 0 Å². The molecule has 1 aromatic heterocycles. The van der Waals surface area contributed by atoms with Crippen LogP contribution in [0.15, 0.2) is 0 Å². The topological polar surface area (TPSA) is 66.0 Å². The van der Waals surface area contributed by atoms with Gasteiger partial charge in [0.05, 0.1) is 12.6 Å². The quantitative estimate of drug-likeness (QED) is 0.806. The molecular weight excluding hydrogens is 204 g/mol. The second-order valence-corrected chi connectivity index (χ2v) is 4.15. The van der Waals surface area contributed by atoms with E-state index in [9.17, 15) is 0 Å². The maximum Gasteiger partial charge on any atom is 0.146 e. The van der Waals surface area contributed by atoms with Crippen LogP contribution in [0.25, 0.3) is 0 Å². The molecule has 90 valence electrons. The Labute approximate surface area is 96.0 Å². The highest BCUT2D eigenvalue weighted by Crippen LogP contribution is 2.17. The molecule has 2 N–H and O–H groups in total. The van der Waals surface area contributed by atoms with Crippen molar-refractivity contribution in [1.82, 2.24) is 14.8 Å². The monoisotopic (exact) mass is 224 g/mol. The first kappa shape index (κ1) is 11.5. The molecule has 1 aliphatic heterocycles. The lowest BCUT2D eigenvalue weighted by atomic mass is 10.1. The molecule has 16 heavy (non-hydrogen) atoms. The van der Waals surface area contributed by atoms with Gasteiger partial charge in [-0.2, -0.15) is 0 Å². The molecule has 1 aromatic rings. The minimum Gasteiger partial charge on any atom is -0.378 e. The summed E-state index contributed by atoms with van der Waals surface area (Å²) in [5.41, 5.74) is 5.61. The molecule has 0 spiro atoms. The number of ether oxygens (including phenoxy) is 1. The van der Waals surface area contributed by atoms with E-state index in [2.05, 4.69) is 21.7 Å². The third-order valence-electron chi connectivity index (χ3n) is 3.12. The summed E-state index contributed by atoms with van der Waals surface area (Å²) in [6.07, 6.45) is 4.78. The summed E-state index contributed by atoms with van der Waals surface area (Å²) in [7, 11) is 0. The Balaban J connectivity index is 1.94. The molecule has 0 amide bonds. The highest BCUT2D eigenvalue weighted by Gasteiger charge is 2.17. The van der Waals surface area contributed by atoms with E-state index in [1.54, 1.807) is 0 Å². The van der Waals surface area contributed by atoms with E-state index in [0.29, 0.717) is 12.6 Å². The maximum atomic E-state index is 5.61. The van der Waals surface area contributed by atoms with Crippen LogP contribution < -0.4 is 5.73 Å². The zero-order chi connectivity index (χ0) is 11.4. The van der Waals surface area contributed by atoms with Crippen LogP contribution in [0.4, 0.5) is 0 Å². The molecule has 1 unspecified atom stereocenters. The van der Waals surface area contributed by atoms with Gasteiger partial charge in [0.25, 0.3) is 0 Å². The van der Waals surface area contributed by atoms with Gasteiger partial charge < -0.3 is 15.0 Å². The van der Waals surface area contributed by atoms with E-state index in [-0.39, 0.29) is 0 Å². The van der Waals surface area contributed by atoms with E-state index in [4.69, 9.17) is 10.5 Å². The van der Waals surface area contributed by atoms with Crippen LogP contribution in [0.5, 0.6) is 0 Å². The van der Waals surface area contributed by atoms with Gasteiger partial charge in [0, 0.05) is 19.6 Å². The Hall–Kier alpha value is -0.940. The molecule has 1 atom stereocenters. The SMILES string of the molecule is CCn1c(CN)nnc1CCC1CCCO1. The van der Waals surface area contributed by atoms with Crippen LogP contribution in [0.3, 0.4) is 0 Å². The Bertz CT molecular complexity index is 331. The van der Waals surface area contributed by atoms with E-state index < -0.39 is 0 Å². The molecular formula is C11H20N4O. The lowest BCUT2D eigenvalue weighted by Crippen LogP contribution is -2.12. The number of hydrogen-bond donors (Lipinski definition) is 1. The number of aryl methyl sites for hydroxylation is 1. The largest absolute Gasteiger partial charge is 0.378 e. The zero-order valence-corrected chi connectivity index (χ0v) is 9.85. The molecule has 1 fully saturated rings. The summed E-state index contributed by atoms with van der Waals surface area (Å²) in [6.45, 7) is 4.36. The minimum absolute atomic E-state index is 0.420. The van der Waals surface area contributed by atoms with Crippen molar-refractivity contribution in [2.24, 2.45) is 5.73 Å². The third-order valence-corrected chi connectivity index (χ3v) is 3.12. The van der Waals surface area contributed by atoms with Gasteiger partial charge in [-0.15, -0.1) is 10.2 Å². The fourth-order valence-electron chi connectivity index (χ4n) is 2.24. The first-order chi connectivity index (χ1) is 7.85. The highest BCUT2D eigenvalue weighted by atomic mass is 16.5. The van der Waals surface area contributed by atoms with Crippen molar-refractivity contribution in [2.45, 2.75) is 51.8 Å². The standard InChI is InChI=1S/C11H20N4O/c1-2-15-10(13-14-11(15)8-12)6-5-9-4-3-7-16-9/h9H,2-8,12H2,1H3. The first-order valence-corrected chi connectivity index (χ1v) is 6.07. The van der Waals surface area contributed by atoms with Crippen molar-refractivity contribution >= 4 is 0 Å². The fourth-order valence-corrected chi connectivity index (χ4v) is 2.24.